The SMILES string of the molecule is Cc1ccc(C)c(C2(C#N)CCC2)c1F. The molecule has 1 nitrogen and oxygen atoms in total. The molecule has 0 amide bonds. The van der Waals surface area contributed by atoms with Gasteiger partial charge in [-0.15, -0.1) is 0 Å². The predicted octanol–water partition coefficient (Wildman–Crippen LogP) is 3.39. The summed E-state index contributed by atoms with van der Waals surface area (Å²) in [5, 5.41) is 9.21. The third-order valence-electron chi connectivity index (χ3n) is 3.44. The molecular formula is C13H14FN. The van der Waals surface area contributed by atoms with E-state index >= 15 is 0 Å². The van der Waals surface area contributed by atoms with Gasteiger partial charge >= 0.3 is 0 Å². The van der Waals surface area contributed by atoms with Crippen LogP contribution in [0.25, 0.3) is 0 Å². The van der Waals surface area contributed by atoms with Gasteiger partial charge in [0.15, 0.2) is 0 Å². The van der Waals surface area contributed by atoms with Gasteiger partial charge in [-0.25, -0.2) is 4.39 Å². The number of benzene rings is 1. The van der Waals surface area contributed by atoms with Crippen molar-refractivity contribution in [3.05, 3.63) is 34.6 Å². The fourth-order valence-electron chi connectivity index (χ4n) is 2.31. The van der Waals surface area contributed by atoms with E-state index in [0.717, 1.165) is 24.8 Å². The molecule has 0 bridgehead atoms. The third-order valence-corrected chi connectivity index (χ3v) is 3.44. The number of aryl methyl sites for hydroxylation is 2. The third kappa shape index (κ3) is 1.34. The number of nitriles is 1. The highest BCUT2D eigenvalue weighted by molar-refractivity contribution is 5.44. The maximum absolute atomic E-state index is 14.0. The van der Waals surface area contributed by atoms with Gasteiger partial charge in [0.1, 0.15) is 5.82 Å². The van der Waals surface area contributed by atoms with Crippen LogP contribution in [-0.2, 0) is 5.41 Å². The zero-order valence-electron chi connectivity index (χ0n) is 9.10. The molecule has 2 rings (SSSR count). The van der Waals surface area contributed by atoms with E-state index in [2.05, 4.69) is 6.07 Å². The van der Waals surface area contributed by atoms with E-state index in [1.807, 2.05) is 13.0 Å². The minimum Gasteiger partial charge on any atom is -0.206 e. The largest absolute Gasteiger partial charge is 0.206 e. The number of nitrogens with zero attached hydrogens (tertiary/aromatic N) is 1. The van der Waals surface area contributed by atoms with Gasteiger partial charge in [-0.05, 0) is 44.2 Å². The van der Waals surface area contributed by atoms with Crippen LogP contribution in [0.2, 0.25) is 0 Å². The normalized spacial score (nSPS) is 18.0. The van der Waals surface area contributed by atoms with Crippen molar-refractivity contribution in [2.45, 2.75) is 38.5 Å². The van der Waals surface area contributed by atoms with Crippen LogP contribution in [0.1, 0.15) is 36.0 Å². The van der Waals surface area contributed by atoms with Crippen molar-refractivity contribution in [2.75, 3.05) is 0 Å². The molecule has 0 saturated heterocycles. The van der Waals surface area contributed by atoms with E-state index in [9.17, 15) is 9.65 Å². The summed E-state index contributed by atoms with van der Waals surface area (Å²) in [4.78, 5) is 0. The summed E-state index contributed by atoms with van der Waals surface area (Å²) in [6.45, 7) is 3.64. The van der Waals surface area contributed by atoms with E-state index < -0.39 is 5.41 Å². The molecule has 0 heterocycles. The van der Waals surface area contributed by atoms with E-state index in [-0.39, 0.29) is 5.82 Å². The molecule has 1 aromatic rings. The molecular weight excluding hydrogens is 189 g/mol. The summed E-state index contributed by atoms with van der Waals surface area (Å²) in [7, 11) is 0. The lowest BCUT2D eigenvalue weighted by molar-refractivity contribution is 0.311. The highest BCUT2D eigenvalue weighted by Gasteiger charge is 2.42. The Hall–Kier alpha value is -1.36. The first-order chi connectivity index (χ1) is 7.10. The van der Waals surface area contributed by atoms with Crippen LogP contribution in [0.5, 0.6) is 0 Å². The van der Waals surface area contributed by atoms with Crippen LogP contribution in [0.15, 0.2) is 12.1 Å². The molecule has 1 aliphatic carbocycles. The first-order valence-electron chi connectivity index (χ1n) is 5.28. The minimum absolute atomic E-state index is 0.184. The highest BCUT2D eigenvalue weighted by Crippen LogP contribution is 2.45. The predicted molar refractivity (Wildman–Crippen MR) is 57.0 cm³/mol. The van der Waals surface area contributed by atoms with Crippen molar-refractivity contribution >= 4 is 0 Å². The molecule has 1 aliphatic rings. The Morgan fingerprint density at radius 2 is 1.87 bits per heavy atom. The zero-order valence-corrected chi connectivity index (χ0v) is 9.10. The van der Waals surface area contributed by atoms with Crippen LogP contribution < -0.4 is 0 Å². The van der Waals surface area contributed by atoms with Crippen LogP contribution in [0.3, 0.4) is 0 Å². The second kappa shape index (κ2) is 3.34. The Morgan fingerprint density at radius 3 is 2.33 bits per heavy atom. The molecule has 78 valence electrons. The number of hydrogen-bond acceptors (Lipinski definition) is 1. The van der Waals surface area contributed by atoms with Crippen molar-refractivity contribution in [3.63, 3.8) is 0 Å². The Balaban J connectivity index is 2.62. The summed E-state index contributed by atoms with van der Waals surface area (Å²) < 4.78 is 14.0. The molecule has 2 heteroatoms. The quantitative estimate of drug-likeness (QED) is 0.686. The molecule has 1 aromatic carbocycles. The monoisotopic (exact) mass is 203 g/mol. The van der Waals surface area contributed by atoms with Gasteiger partial charge in [0.2, 0.25) is 0 Å². The number of rotatable bonds is 1. The van der Waals surface area contributed by atoms with Gasteiger partial charge in [-0.3, -0.25) is 0 Å². The summed E-state index contributed by atoms with van der Waals surface area (Å²) in [6.07, 6.45) is 2.62. The Kier molecular flexibility index (Phi) is 2.26. The van der Waals surface area contributed by atoms with E-state index in [0.29, 0.717) is 11.1 Å². The highest BCUT2D eigenvalue weighted by atomic mass is 19.1. The average Bonchev–Trinajstić information content (AvgIpc) is 2.16. The lowest BCUT2D eigenvalue weighted by atomic mass is 9.64. The van der Waals surface area contributed by atoms with Crippen molar-refractivity contribution in [1.29, 1.82) is 5.26 Å². The van der Waals surface area contributed by atoms with E-state index in [1.165, 1.54) is 0 Å². The lowest BCUT2D eigenvalue weighted by Gasteiger charge is -2.37. The molecule has 0 aromatic heterocycles. The first kappa shape index (κ1) is 10.2. The fraction of sp³-hybridized carbons (Fsp3) is 0.462. The maximum atomic E-state index is 14.0. The molecule has 0 atom stereocenters. The maximum Gasteiger partial charge on any atom is 0.131 e. The van der Waals surface area contributed by atoms with Crippen LogP contribution in [0.4, 0.5) is 4.39 Å². The Morgan fingerprint density at radius 1 is 1.27 bits per heavy atom. The number of halogens is 1. The van der Waals surface area contributed by atoms with Crippen LogP contribution in [-0.4, -0.2) is 0 Å². The fourth-order valence-corrected chi connectivity index (χ4v) is 2.31. The first-order valence-corrected chi connectivity index (χ1v) is 5.28. The summed E-state index contributed by atoms with van der Waals surface area (Å²) in [5.74, 6) is -0.184. The molecule has 15 heavy (non-hydrogen) atoms. The van der Waals surface area contributed by atoms with Crippen molar-refractivity contribution in [2.24, 2.45) is 0 Å². The topological polar surface area (TPSA) is 23.8 Å². The van der Waals surface area contributed by atoms with Gasteiger partial charge in [-0.1, -0.05) is 12.1 Å². The van der Waals surface area contributed by atoms with Crippen LogP contribution >= 0.6 is 0 Å². The smallest absolute Gasteiger partial charge is 0.131 e. The summed E-state index contributed by atoms with van der Waals surface area (Å²) in [6, 6.07) is 5.98. The minimum atomic E-state index is -0.541. The van der Waals surface area contributed by atoms with Gasteiger partial charge in [-0.2, -0.15) is 5.26 Å². The van der Waals surface area contributed by atoms with E-state index in [1.54, 1.807) is 13.0 Å². The van der Waals surface area contributed by atoms with Crippen LogP contribution in [0, 0.1) is 31.0 Å². The summed E-state index contributed by atoms with van der Waals surface area (Å²) >= 11 is 0. The van der Waals surface area contributed by atoms with E-state index in [4.69, 9.17) is 0 Å². The second-order valence-corrected chi connectivity index (χ2v) is 4.44. The molecule has 0 N–H and O–H groups in total. The lowest BCUT2D eigenvalue weighted by Crippen LogP contribution is -2.34. The molecule has 1 fully saturated rings. The van der Waals surface area contributed by atoms with Gasteiger partial charge in [0.05, 0.1) is 11.5 Å². The zero-order chi connectivity index (χ0) is 11.1. The Bertz CT molecular complexity index is 439. The van der Waals surface area contributed by atoms with Crippen molar-refractivity contribution in [3.8, 4) is 6.07 Å². The second-order valence-electron chi connectivity index (χ2n) is 4.44. The molecule has 0 radical (unpaired) electrons. The average molecular weight is 203 g/mol. The molecule has 1 saturated carbocycles. The van der Waals surface area contributed by atoms with Crippen molar-refractivity contribution < 1.29 is 4.39 Å². The van der Waals surface area contributed by atoms with Gasteiger partial charge < -0.3 is 0 Å². The standard InChI is InChI=1S/C13H14FN/c1-9-4-5-10(2)12(14)11(9)13(8-15)6-3-7-13/h4-5H,3,6-7H2,1-2H3. The Labute approximate surface area is 89.5 Å². The number of hydrogen-bond donors (Lipinski definition) is 0. The van der Waals surface area contributed by atoms with Gasteiger partial charge in [0, 0.05) is 5.56 Å². The molecule has 0 unspecified atom stereocenters. The molecule has 0 aliphatic heterocycles. The summed E-state index contributed by atoms with van der Waals surface area (Å²) in [5.41, 5.74) is 1.63. The van der Waals surface area contributed by atoms with Crippen molar-refractivity contribution in [1.82, 2.24) is 0 Å². The molecule has 0 spiro atoms. The van der Waals surface area contributed by atoms with Gasteiger partial charge in [0.25, 0.3) is 0 Å².